The lowest BCUT2D eigenvalue weighted by molar-refractivity contribution is 0.125. The van der Waals surface area contributed by atoms with Crippen LogP contribution in [-0.2, 0) is 4.74 Å². The SMILES string of the molecule is CCCOCCC(NC)c1c(F)cccc1Cl. The Kier molecular flexibility index (Phi) is 6.48. The van der Waals surface area contributed by atoms with Gasteiger partial charge in [0.1, 0.15) is 5.82 Å². The Morgan fingerprint density at radius 1 is 1.41 bits per heavy atom. The molecule has 0 spiro atoms. The van der Waals surface area contributed by atoms with Gasteiger partial charge in [0.2, 0.25) is 0 Å². The topological polar surface area (TPSA) is 21.3 Å². The summed E-state index contributed by atoms with van der Waals surface area (Å²) in [6.07, 6.45) is 1.70. The molecule has 1 aromatic rings. The zero-order valence-electron chi connectivity index (χ0n) is 10.3. The molecular formula is C13H19ClFNO. The van der Waals surface area contributed by atoms with Crippen LogP contribution in [0.15, 0.2) is 18.2 Å². The van der Waals surface area contributed by atoms with Gasteiger partial charge in [-0.15, -0.1) is 0 Å². The molecule has 0 aliphatic rings. The molecule has 1 aromatic carbocycles. The average molecular weight is 260 g/mol. The van der Waals surface area contributed by atoms with E-state index in [1.54, 1.807) is 19.2 Å². The molecule has 0 aliphatic heterocycles. The van der Waals surface area contributed by atoms with Gasteiger partial charge < -0.3 is 10.1 Å². The van der Waals surface area contributed by atoms with Crippen LogP contribution < -0.4 is 5.32 Å². The van der Waals surface area contributed by atoms with Crippen LogP contribution in [0.4, 0.5) is 4.39 Å². The molecule has 0 aliphatic carbocycles. The first-order valence-electron chi connectivity index (χ1n) is 5.89. The third-order valence-electron chi connectivity index (χ3n) is 2.60. The van der Waals surface area contributed by atoms with Gasteiger partial charge in [0.25, 0.3) is 0 Å². The summed E-state index contributed by atoms with van der Waals surface area (Å²) in [4.78, 5) is 0. The highest BCUT2D eigenvalue weighted by Gasteiger charge is 2.16. The van der Waals surface area contributed by atoms with E-state index in [9.17, 15) is 4.39 Å². The van der Waals surface area contributed by atoms with E-state index in [-0.39, 0.29) is 11.9 Å². The fraction of sp³-hybridized carbons (Fsp3) is 0.538. The number of rotatable bonds is 7. The number of halogens is 2. The normalized spacial score (nSPS) is 12.7. The molecule has 1 rings (SSSR count). The summed E-state index contributed by atoms with van der Waals surface area (Å²) in [6.45, 7) is 3.40. The van der Waals surface area contributed by atoms with Gasteiger partial charge in [-0.2, -0.15) is 0 Å². The summed E-state index contributed by atoms with van der Waals surface area (Å²) < 4.78 is 19.1. The summed E-state index contributed by atoms with van der Waals surface area (Å²) >= 11 is 6.02. The van der Waals surface area contributed by atoms with Crippen LogP contribution >= 0.6 is 11.6 Å². The largest absolute Gasteiger partial charge is 0.381 e. The van der Waals surface area contributed by atoms with E-state index in [1.165, 1.54) is 6.07 Å². The maximum Gasteiger partial charge on any atom is 0.129 e. The van der Waals surface area contributed by atoms with E-state index in [0.717, 1.165) is 13.0 Å². The van der Waals surface area contributed by atoms with Crippen LogP contribution in [0.25, 0.3) is 0 Å². The van der Waals surface area contributed by atoms with E-state index in [1.807, 2.05) is 0 Å². The lowest BCUT2D eigenvalue weighted by Crippen LogP contribution is -2.20. The van der Waals surface area contributed by atoms with Crippen LogP contribution in [0.3, 0.4) is 0 Å². The molecular weight excluding hydrogens is 241 g/mol. The van der Waals surface area contributed by atoms with Gasteiger partial charge in [0.05, 0.1) is 0 Å². The molecule has 1 atom stereocenters. The van der Waals surface area contributed by atoms with E-state index < -0.39 is 0 Å². The first-order chi connectivity index (χ1) is 8.20. The zero-order chi connectivity index (χ0) is 12.7. The van der Waals surface area contributed by atoms with Crippen molar-refractivity contribution in [3.63, 3.8) is 0 Å². The van der Waals surface area contributed by atoms with Crippen molar-refractivity contribution >= 4 is 11.6 Å². The van der Waals surface area contributed by atoms with Crippen LogP contribution in [0.2, 0.25) is 5.02 Å². The van der Waals surface area contributed by atoms with Gasteiger partial charge in [0, 0.05) is 29.8 Å². The predicted molar refractivity (Wildman–Crippen MR) is 68.9 cm³/mol. The highest BCUT2D eigenvalue weighted by atomic mass is 35.5. The molecule has 17 heavy (non-hydrogen) atoms. The number of nitrogens with one attached hydrogen (secondary N) is 1. The number of benzene rings is 1. The first-order valence-corrected chi connectivity index (χ1v) is 6.27. The third kappa shape index (κ3) is 4.26. The molecule has 4 heteroatoms. The third-order valence-corrected chi connectivity index (χ3v) is 2.93. The van der Waals surface area contributed by atoms with E-state index >= 15 is 0 Å². The van der Waals surface area contributed by atoms with Crippen LogP contribution in [0, 0.1) is 5.82 Å². The molecule has 2 nitrogen and oxygen atoms in total. The monoisotopic (exact) mass is 259 g/mol. The molecule has 0 bridgehead atoms. The maximum absolute atomic E-state index is 13.7. The molecule has 0 fully saturated rings. The lowest BCUT2D eigenvalue weighted by atomic mass is 10.0. The van der Waals surface area contributed by atoms with Gasteiger partial charge in [-0.05, 0) is 32.0 Å². The van der Waals surface area contributed by atoms with Gasteiger partial charge in [-0.25, -0.2) is 4.39 Å². The molecule has 0 heterocycles. The molecule has 0 saturated carbocycles. The van der Waals surface area contributed by atoms with Crippen molar-refractivity contribution < 1.29 is 9.13 Å². The number of hydrogen-bond acceptors (Lipinski definition) is 2. The van der Waals surface area contributed by atoms with Crippen molar-refractivity contribution in [1.29, 1.82) is 0 Å². The van der Waals surface area contributed by atoms with Crippen LogP contribution in [-0.4, -0.2) is 20.3 Å². The summed E-state index contributed by atoms with van der Waals surface area (Å²) in [7, 11) is 1.80. The number of ether oxygens (including phenoxy) is 1. The summed E-state index contributed by atoms with van der Waals surface area (Å²) in [5.74, 6) is -0.271. The smallest absolute Gasteiger partial charge is 0.129 e. The predicted octanol–water partition coefficient (Wildman–Crippen LogP) is 3.56. The zero-order valence-corrected chi connectivity index (χ0v) is 11.1. The second-order valence-corrected chi connectivity index (χ2v) is 4.28. The number of hydrogen-bond donors (Lipinski definition) is 1. The van der Waals surface area contributed by atoms with Crippen LogP contribution in [0.1, 0.15) is 31.4 Å². The van der Waals surface area contributed by atoms with Crippen molar-refractivity contribution in [1.82, 2.24) is 5.32 Å². The minimum absolute atomic E-state index is 0.111. The highest BCUT2D eigenvalue weighted by Crippen LogP contribution is 2.27. The minimum atomic E-state index is -0.271. The molecule has 0 aromatic heterocycles. The molecule has 1 N–H and O–H groups in total. The second-order valence-electron chi connectivity index (χ2n) is 3.88. The fourth-order valence-corrected chi connectivity index (χ4v) is 2.02. The van der Waals surface area contributed by atoms with Crippen molar-refractivity contribution in [2.45, 2.75) is 25.8 Å². The molecule has 1 unspecified atom stereocenters. The Bertz CT molecular complexity index is 326. The van der Waals surface area contributed by atoms with Gasteiger partial charge in [0.15, 0.2) is 0 Å². The summed E-state index contributed by atoms with van der Waals surface area (Å²) in [5.41, 5.74) is 0.525. The second kappa shape index (κ2) is 7.64. The highest BCUT2D eigenvalue weighted by molar-refractivity contribution is 6.31. The van der Waals surface area contributed by atoms with E-state index in [4.69, 9.17) is 16.3 Å². The van der Waals surface area contributed by atoms with E-state index in [0.29, 0.717) is 23.6 Å². The molecule has 0 radical (unpaired) electrons. The van der Waals surface area contributed by atoms with Gasteiger partial charge in [-0.1, -0.05) is 24.6 Å². The quantitative estimate of drug-likeness (QED) is 0.756. The minimum Gasteiger partial charge on any atom is -0.381 e. The standard InChI is InChI=1S/C13H19ClFNO/c1-3-8-17-9-7-12(16-2)13-10(14)5-4-6-11(13)15/h4-6,12,16H,3,7-9H2,1-2H3. The summed E-state index contributed by atoms with van der Waals surface area (Å²) in [6, 6.07) is 4.64. The van der Waals surface area contributed by atoms with Crippen molar-refractivity contribution in [2.75, 3.05) is 20.3 Å². The Labute approximate surface area is 107 Å². The van der Waals surface area contributed by atoms with E-state index in [2.05, 4.69) is 12.2 Å². The Balaban J connectivity index is 2.66. The maximum atomic E-state index is 13.7. The lowest BCUT2D eigenvalue weighted by Gasteiger charge is -2.18. The average Bonchev–Trinajstić information content (AvgIpc) is 2.31. The van der Waals surface area contributed by atoms with Crippen LogP contribution in [0.5, 0.6) is 0 Å². The Morgan fingerprint density at radius 2 is 2.18 bits per heavy atom. The molecule has 0 saturated heterocycles. The molecule has 0 amide bonds. The van der Waals surface area contributed by atoms with Crippen molar-refractivity contribution in [3.8, 4) is 0 Å². The summed E-state index contributed by atoms with van der Waals surface area (Å²) in [5, 5.41) is 3.53. The fourth-order valence-electron chi connectivity index (χ4n) is 1.72. The van der Waals surface area contributed by atoms with Gasteiger partial charge >= 0.3 is 0 Å². The Morgan fingerprint density at radius 3 is 2.76 bits per heavy atom. The van der Waals surface area contributed by atoms with Gasteiger partial charge in [-0.3, -0.25) is 0 Å². The molecule has 96 valence electrons. The first kappa shape index (κ1) is 14.4. The Hall–Kier alpha value is -0.640. The van der Waals surface area contributed by atoms with Crippen molar-refractivity contribution in [3.05, 3.63) is 34.6 Å². The van der Waals surface area contributed by atoms with Crippen molar-refractivity contribution in [2.24, 2.45) is 0 Å².